The third-order valence-electron chi connectivity index (χ3n) is 5.99. The maximum atomic E-state index is 11.9. The highest BCUT2D eigenvalue weighted by molar-refractivity contribution is 9.10. The van der Waals surface area contributed by atoms with Crippen molar-refractivity contribution in [2.75, 3.05) is 23.9 Å². The number of ether oxygens (including phenoxy) is 1. The molecular formula is C27H24BrN5O2S. The summed E-state index contributed by atoms with van der Waals surface area (Å²) in [5, 5.41) is 6.93. The van der Waals surface area contributed by atoms with E-state index >= 15 is 0 Å². The van der Waals surface area contributed by atoms with Crippen molar-refractivity contribution in [1.82, 2.24) is 14.9 Å². The number of halogens is 1. The number of aromatic nitrogens is 2. The van der Waals surface area contributed by atoms with E-state index in [0.717, 1.165) is 27.2 Å². The molecule has 182 valence electrons. The summed E-state index contributed by atoms with van der Waals surface area (Å²) < 4.78 is 8.10. The summed E-state index contributed by atoms with van der Waals surface area (Å²) in [7, 11) is 1.49. The smallest absolute Gasteiger partial charge is 0.250 e. The minimum absolute atomic E-state index is 0.00274. The molecule has 0 aliphatic carbocycles. The van der Waals surface area contributed by atoms with Crippen LogP contribution in [0.5, 0.6) is 0 Å². The molecule has 2 aromatic heterocycles. The molecule has 1 saturated heterocycles. The van der Waals surface area contributed by atoms with Crippen LogP contribution in [0, 0.1) is 0 Å². The minimum atomic E-state index is -0.205. The molecule has 2 N–H and O–H groups in total. The van der Waals surface area contributed by atoms with Crippen molar-refractivity contribution in [1.29, 1.82) is 0 Å². The summed E-state index contributed by atoms with van der Waals surface area (Å²) >= 11 is 9.38. The topological polar surface area (TPSA) is 71.4 Å². The molecule has 0 unspecified atom stereocenters. The number of amides is 1. The molecule has 1 fully saturated rings. The fourth-order valence-electron chi connectivity index (χ4n) is 4.44. The number of carbonyl (C=O) groups excluding carboxylic acids is 1. The minimum Gasteiger partial charge on any atom is -0.375 e. The first kappa shape index (κ1) is 24.2. The lowest BCUT2D eigenvalue weighted by molar-refractivity contribution is -0.119. The van der Waals surface area contributed by atoms with Crippen LogP contribution in [0.3, 0.4) is 0 Å². The first-order valence-electron chi connectivity index (χ1n) is 11.4. The summed E-state index contributed by atoms with van der Waals surface area (Å²) in [6, 6.07) is 25.6. The third-order valence-corrected chi connectivity index (χ3v) is 6.83. The van der Waals surface area contributed by atoms with Gasteiger partial charge in [-0.05, 0) is 85.0 Å². The van der Waals surface area contributed by atoms with Crippen LogP contribution in [0.4, 0.5) is 11.4 Å². The van der Waals surface area contributed by atoms with Crippen LogP contribution in [0.25, 0.3) is 5.69 Å². The highest BCUT2D eigenvalue weighted by atomic mass is 79.9. The molecule has 0 spiro atoms. The van der Waals surface area contributed by atoms with Gasteiger partial charge in [-0.2, -0.15) is 0 Å². The van der Waals surface area contributed by atoms with Crippen LogP contribution in [0.15, 0.2) is 95.7 Å². The van der Waals surface area contributed by atoms with E-state index < -0.39 is 0 Å². The SMILES string of the molecule is COCC(=O)Nc1ccc(N2C(=S)N[C@@H](c3ccccn3)[C@H]2c2cccn2-c2ccc(Br)cc2)cc1. The Balaban J connectivity index is 1.55. The zero-order chi connectivity index (χ0) is 25.1. The predicted molar refractivity (Wildman–Crippen MR) is 148 cm³/mol. The zero-order valence-electron chi connectivity index (χ0n) is 19.5. The van der Waals surface area contributed by atoms with Crippen LogP contribution in [0.1, 0.15) is 23.5 Å². The molecule has 9 heteroatoms. The molecule has 0 bridgehead atoms. The van der Waals surface area contributed by atoms with Gasteiger partial charge in [-0.15, -0.1) is 0 Å². The first-order chi connectivity index (χ1) is 17.5. The molecule has 36 heavy (non-hydrogen) atoms. The normalized spacial score (nSPS) is 17.2. The second-order valence-corrected chi connectivity index (χ2v) is 9.61. The van der Waals surface area contributed by atoms with Crippen molar-refractivity contribution in [3.05, 3.63) is 107 Å². The van der Waals surface area contributed by atoms with Gasteiger partial charge in [0.2, 0.25) is 5.91 Å². The van der Waals surface area contributed by atoms with Crippen molar-refractivity contribution in [3.8, 4) is 5.69 Å². The monoisotopic (exact) mass is 561 g/mol. The number of nitrogens with zero attached hydrogens (tertiary/aromatic N) is 3. The maximum Gasteiger partial charge on any atom is 0.250 e. The number of nitrogens with one attached hydrogen (secondary N) is 2. The van der Waals surface area contributed by atoms with E-state index in [9.17, 15) is 4.79 Å². The summed E-state index contributed by atoms with van der Waals surface area (Å²) in [5.41, 5.74) is 4.61. The molecule has 3 heterocycles. The molecular weight excluding hydrogens is 538 g/mol. The van der Waals surface area contributed by atoms with Gasteiger partial charge in [0, 0.05) is 46.7 Å². The average molecular weight is 562 g/mol. The van der Waals surface area contributed by atoms with E-state index in [1.807, 2.05) is 60.7 Å². The lowest BCUT2D eigenvalue weighted by Gasteiger charge is -2.29. The number of anilines is 2. The van der Waals surface area contributed by atoms with Gasteiger partial charge in [-0.1, -0.05) is 22.0 Å². The Kier molecular flexibility index (Phi) is 7.13. The highest BCUT2D eigenvalue weighted by Gasteiger charge is 2.42. The second kappa shape index (κ2) is 10.6. The molecule has 2 atom stereocenters. The fourth-order valence-corrected chi connectivity index (χ4v) is 5.05. The summed E-state index contributed by atoms with van der Waals surface area (Å²) in [6.45, 7) is 0.00274. The third kappa shape index (κ3) is 4.90. The van der Waals surface area contributed by atoms with E-state index in [2.05, 4.69) is 65.4 Å². The zero-order valence-corrected chi connectivity index (χ0v) is 21.9. The summed E-state index contributed by atoms with van der Waals surface area (Å²) in [4.78, 5) is 18.7. The van der Waals surface area contributed by atoms with Gasteiger partial charge in [0.05, 0.1) is 11.7 Å². The standard InChI is InChI=1S/C27H24BrN5O2S/c1-35-17-24(34)30-19-9-13-21(14-10-19)33-26(25(31-27(33)36)22-5-2-3-15-29-22)23-6-4-16-32(23)20-11-7-18(28)8-12-20/h2-16,25-26H,17H2,1H3,(H,30,34)(H,31,36)/t25-,26+/m0/s1. The van der Waals surface area contributed by atoms with Crippen molar-refractivity contribution in [2.45, 2.75) is 12.1 Å². The first-order valence-corrected chi connectivity index (χ1v) is 12.6. The number of benzene rings is 2. The van der Waals surface area contributed by atoms with E-state index in [1.54, 1.807) is 6.20 Å². The Bertz CT molecular complexity index is 1360. The number of thiocarbonyl (C=S) groups is 1. The van der Waals surface area contributed by atoms with Crippen LogP contribution < -0.4 is 15.5 Å². The number of carbonyl (C=O) groups is 1. The molecule has 1 amide bonds. The molecule has 0 radical (unpaired) electrons. The average Bonchev–Trinajstić information content (AvgIpc) is 3.50. The van der Waals surface area contributed by atoms with Gasteiger partial charge >= 0.3 is 0 Å². The molecule has 2 aromatic carbocycles. The van der Waals surface area contributed by atoms with Crippen molar-refractivity contribution >= 4 is 50.5 Å². The van der Waals surface area contributed by atoms with Crippen LogP contribution in [0.2, 0.25) is 0 Å². The lowest BCUT2D eigenvalue weighted by atomic mass is 10.0. The van der Waals surface area contributed by atoms with E-state index in [1.165, 1.54) is 7.11 Å². The Morgan fingerprint density at radius 2 is 1.81 bits per heavy atom. The Labute approximate surface area is 223 Å². The molecule has 1 aliphatic heterocycles. The number of hydrogen-bond acceptors (Lipinski definition) is 4. The molecule has 1 aliphatic rings. The van der Waals surface area contributed by atoms with Crippen LogP contribution in [-0.4, -0.2) is 34.3 Å². The van der Waals surface area contributed by atoms with E-state index in [4.69, 9.17) is 17.0 Å². The Morgan fingerprint density at radius 1 is 1.06 bits per heavy atom. The summed E-state index contributed by atoms with van der Waals surface area (Å²) in [6.07, 6.45) is 3.85. The van der Waals surface area contributed by atoms with Crippen LogP contribution >= 0.6 is 28.1 Å². The fraction of sp³-hybridized carbons (Fsp3) is 0.148. The van der Waals surface area contributed by atoms with Gasteiger partial charge in [0.15, 0.2) is 5.11 Å². The molecule has 4 aromatic rings. The van der Waals surface area contributed by atoms with E-state index in [-0.39, 0.29) is 24.6 Å². The maximum absolute atomic E-state index is 11.9. The largest absolute Gasteiger partial charge is 0.375 e. The van der Waals surface area contributed by atoms with Crippen molar-refractivity contribution in [2.24, 2.45) is 0 Å². The van der Waals surface area contributed by atoms with E-state index in [0.29, 0.717) is 10.8 Å². The molecule has 5 rings (SSSR count). The Hall–Kier alpha value is -3.53. The Morgan fingerprint density at radius 3 is 2.50 bits per heavy atom. The van der Waals surface area contributed by atoms with Crippen molar-refractivity contribution < 1.29 is 9.53 Å². The van der Waals surface area contributed by atoms with Crippen molar-refractivity contribution in [3.63, 3.8) is 0 Å². The summed E-state index contributed by atoms with van der Waals surface area (Å²) in [5.74, 6) is -0.205. The molecule has 0 saturated carbocycles. The quantitative estimate of drug-likeness (QED) is 0.294. The predicted octanol–water partition coefficient (Wildman–Crippen LogP) is 5.40. The van der Waals surface area contributed by atoms with Gasteiger partial charge < -0.3 is 24.8 Å². The second-order valence-electron chi connectivity index (χ2n) is 8.30. The van der Waals surface area contributed by atoms with Gasteiger partial charge in [-0.3, -0.25) is 9.78 Å². The van der Waals surface area contributed by atoms with Gasteiger partial charge in [0.1, 0.15) is 12.6 Å². The van der Waals surface area contributed by atoms with Crippen LogP contribution in [-0.2, 0) is 9.53 Å². The number of rotatable bonds is 7. The highest BCUT2D eigenvalue weighted by Crippen LogP contribution is 2.42. The number of methoxy groups -OCH3 is 1. The molecule has 7 nitrogen and oxygen atoms in total. The van der Waals surface area contributed by atoms with Gasteiger partial charge in [0.25, 0.3) is 0 Å². The van der Waals surface area contributed by atoms with Gasteiger partial charge in [-0.25, -0.2) is 0 Å². The number of hydrogen-bond donors (Lipinski definition) is 2. The number of pyridine rings is 1. The lowest BCUT2D eigenvalue weighted by Crippen LogP contribution is -2.30.